The minimum atomic E-state index is 0.627. The van der Waals surface area contributed by atoms with Crippen LogP contribution >= 0.6 is 0 Å². The summed E-state index contributed by atoms with van der Waals surface area (Å²) in [5, 5.41) is 4.72. The van der Waals surface area contributed by atoms with Gasteiger partial charge in [-0.25, -0.2) is 4.98 Å². The van der Waals surface area contributed by atoms with Crippen LogP contribution in [0.25, 0.3) is 66.4 Å². The van der Waals surface area contributed by atoms with Gasteiger partial charge < -0.3 is 9.32 Å². The van der Waals surface area contributed by atoms with Crippen molar-refractivity contribution in [1.29, 1.82) is 0 Å². The maximum Gasteiger partial charge on any atom is 0.227 e. The Labute approximate surface area is 279 Å². The fourth-order valence-corrected chi connectivity index (χ4v) is 6.74. The average molecular weight is 615 g/mol. The predicted molar refractivity (Wildman–Crippen MR) is 200 cm³/mol. The molecule has 48 heavy (non-hydrogen) atoms. The summed E-state index contributed by atoms with van der Waals surface area (Å²) in [4.78, 5) is 7.29. The molecule has 0 aliphatic carbocycles. The summed E-state index contributed by atoms with van der Waals surface area (Å²) < 4.78 is 6.52. The third kappa shape index (κ3) is 4.90. The second kappa shape index (κ2) is 11.7. The van der Waals surface area contributed by atoms with Crippen LogP contribution in [0.3, 0.4) is 0 Å². The van der Waals surface area contributed by atoms with Crippen LogP contribution in [-0.2, 0) is 0 Å². The summed E-state index contributed by atoms with van der Waals surface area (Å²) >= 11 is 0. The van der Waals surface area contributed by atoms with Crippen molar-refractivity contribution in [3.63, 3.8) is 0 Å². The molecule has 0 fully saturated rings. The van der Waals surface area contributed by atoms with Crippen LogP contribution in [0.2, 0.25) is 0 Å². The molecule has 0 saturated heterocycles. The van der Waals surface area contributed by atoms with Crippen molar-refractivity contribution in [3.8, 4) is 33.7 Å². The first kappa shape index (κ1) is 27.8. The highest BCUT2D eigenvalue weighted by Crippen LogP contribution is 2.40. The molecule has 9 rings (SSSR count). The van der Waals surface area contributed by atoms with Crippen LogP contribution in [0.1, 0.15) is 0 Å². The SMILES string of the molecule is c1ccc(-c2nc3c(o2)c(-c2ccc(N(c4ccccc4)c4ccc(-c5cccc6ccccc56)cc4)cc2)cc2ccccc23)cc1. The molecule has 3 nitrogen and oxygen atoms in total. The van der Waals surface area contributed by atoms with Gasteiger partial charge in [0, 0.05) is 33.6 Å². The van der Waals surface area contributed by atoms with Gasteiger partial charge in [-0.1, -0.05) is 127 Å². The Kier molecular flexibility index (Phi) is 6.80. The number of hydrogen-bond acceptors (Lipinski definition) is 3. The number of para-hydroxylation sites is 1. The Bertz CT molecular complexity index is 2530. The molecule has 0 N–H and O–H groups in total. The van der Waals surface area contributed by atoms with Crippen LogP contribution in [0, 0.1) is 0 Å². The fourth-order valence-electron chi connectivity index (χ4n) is 6.74. The van der Waals surface area contributed by atoms with Crippen LogP contribution in [-0.4, -0.2) is 4.98 Å². The Hall–Kier alpha value is -6.45. The van der Waals surface area contributed by atoms with E-state index >= 15 is 0 Å². The number of nitrogens with zero attached hydrogens (tertiary/aromatic N) is 2. The number of hydrogen-bond donors (Lipinski definition) is 0. The molecule has 8 aromatic carbocycles. The predicted octanol–water partition coefficient (Wildman–Crippen LogP) is 12.6. The van der Waals surface area contributed by atoms with E-state index in [2.05, 4.69) is 157 Å². The first-order valence-corrected chi connectivity index (χ1v) is 16.2. The lowest BCUT2D eigenvalue weighted by Gasteiger charge is -2.26. The van der Waals surface area contributed by atoms with Gasteiger partial charge >= 0.3 is 0 Å². The molecule has 0 saturated carbocycles. The van der Waals surface area contributed by atoms with Gasteiger partial charge in [-0.3, -0.25) is 0 Å². The first-order chi connectivity index (χ1) is 23.8. The minimum Gasteiger partial charge on any atom is -0.435 e. The van der Waals surface area contributed by atoms with Gasteiger partial charge in [0.25, 0.3) is 0 Å². The van der Waals surface area contributed by atoms with E-state index in [0.29, 0.717) is 5.89 Å². The van der Waals surface area contributed by atoms with Gasteiger partial charge in [0.1, 0.15) is 5.52 Å². The number of benzene rings is 8. The second-order valence-electron chi connectivity index (χ2n) is 12.0. The Balaban J connectivity index is 1.13. The molecular formula is C45H30N2O. The summed E-state index contributed by atoms with van der Waals surface area (Å²) in [6, 6.07) is 63.9. The molecule has 0 amide bonds. The minimum absolute atomic E-state index is 0.627. The summed E-state index contributed by atoms with van der Waals surface area (Å²) in [6.45, 7) is 0. The molecule has 9 aromatic rings. The molecule has 226 valence electrons. The standard InChI is InChI=1S/C45H30N2O/c1-3-13-34(14-4-1)45-46-43-41-20-10-8-15-35(41)30-42(44(43)48-45)33-24-28-38(29-25-33)47(36-17-5-2-6-18-36)37-26-22-32(23-27-37)40-21-11-16-31-12-7-9-19-39(31)40/h1-30H. The van der Waals surface area contributed by atoms with Crippen molar-refractivity contribution in [3.05, 3.63) is 182 Å². The van der Waals surface area contributed by atoms with Crippen LogP contribution < -0.4 is 4.90 Å². The number of anilines is 3. The summed E-state index contributed by atoms with van der Waals surface area (Å²) in [6.07, 6.45) is 0. The highest BCUT2D eigenvalue weighted by atomic mass is 16.3. The third-order valence-electron chi connectivity index (χ3n) is 9.09. The van der Waals surface area contributed by atoms with E-state index in [9.17, 15) is 0 Å². The zero-order valence-corrected chi connectivity index (χ0v) is 26.1. The third-order valence-corrected chi connectivity index (χ3v) is 9.09. The first-order valence-electron chi connectivity index (χ1n) is 16.2. The Morgan fingerprint density at radius 2 is 0.938 bits per heavy atom. The maximum atomic E-state index is 6.52. The second-order valence-corrected chi connectivity index (χ2v) is 12.0. The van der Waals surface area contributed by atoms with Crippen molar-refractivity contribution in [2.45, 2.75) is 0 Å². The summed E-state index contributed by atoms with van der Waals surface area (Å²) in [5.41, 5.74) is 10.4. The van der Waals surface area contributed by atoms with E-state index in [0.717, 1.165) is 55.6 Å². The number of aromatic nitrogens is 1. The lowest BCUT2D eigenvalue weighted by Crippen LogP contribution is -2.09. The van der Waals surface area contributed by atoms with E-state index < -0.39 is 0 Å². The lowest BCUT2D eigenvalue weighted by molar-refractivity contribution is 0.621. The number of oxazole rings is 1. The van der Waals surface area contributed by atoms with Crippen molar-refractivity contribution >= 4 is 49.7 Å². The smallest absolute Gasteiger partial charge is 0.227 e. The molecule has 0 atom stereocenters. The van der Waals surface area contributed by atoms with Crippen molar-refractivity contribution in [1.82, 2.24) is 4.98 Å². The topological polar surface area (TPSA) is 29.3 Å². The number of fused-ring (bicyclic) bond motifs is 4. The molecule has 1 aromatic heterocycles. The molecule has 0 bridgehead atoms. The molecule has 3 heteroatoms. The van der Waals surface area contributed by atoms with Gasteiger partial charge in [0.05, 0.1) is 0 Å². The maximum absolute atomic E-state index is 6.52. The summed E-state index contributed by atoms with van der Waals surface area (Å²) in [5.74, 6) is 0.627. The normalized spacial score (nSPS) is 11.3. The highest BCUT2D eigenvalue weighted by molar-refractivity contribution is 6.10. The Morgan fingerprint density at radius 1 is 0.396 bits per heavy atom. The van der Waals surface area contributed by atoms with Gasteiger partial charge in [-0.05, 0) is 87.4 Å². The zero-order chi connectivity index (χ0) is 31.9. The highest BCUT2D eigenvalue weighted by Gasteiger charge is 2.18. The summed E-state index contributed by atoms with van der Waals surface area (Å²) in [7, 11) is 0. The molecule has 0 aliphatic rings. The van der Waals surface area contributed by atoms with Crippen LogP contribution in [0.15, 0.2) is 186 Å². The largest absolute Gasteiger partial charge is 0.435 e. The van der Waals surface area contributed by atoms with Gasteiger partial charge in [-0.15, -0.1) is 0 Å². The van der Waals surface area contributed by atoms with Crippen molar-refractivity contribution < 1.29 is 4.42 Å². The van der Waals surface area contributed by atoms with E-state index in [1.54, 1.807) is 0 Å². The zero-order valence-electron chi connectivity index (χ0n) is 26.1. The van der Waals surface area contributed by atoms with Gasteiger partial charge in [0.15, 0.2) is 5.58 Å². The molecule has 0 aliphatic heterocycles. The van der Waals surface area contributed by atoms with Crippen molar-refractivity contribution in [2.24, 2.45) is 0 Å². The van der Waals surface area contributed by atoms with Crippen molar-refractivity contribution in [2.75, 3.05) is 4.90 Å². The van der Waals surface area contributed by atoms with Gasteiger partial charge in [-0.2, -0.15) is 0 Å². The quantitative estimate of drug-likeness (QED) is 0.187. The molecule has 0 radical (unpaired) electrons. The average Bonchev–Trinajstić information content (AvgIpc) is 3.62. The van der Waals surface area contributed by atoms with Crippen LogP contribution in [0.5, 0.6) is 0 Å². The van der Waals surface area contributed by atoms with E-state index in [-0.39, 0.29) is 0 Å². The lowest BCUT2D eigenvalue weighted by atomic mass is 9.98. The van der Waals surface area contributed by atoms with Crippen LogP contribution in [0.4, 0.5) is 17.1 Å². The fraction of sp³-hybridized carbons (Fsp3) is 0. The van der Waals surface area contributed by atoms with E-state index in [4.69, 9.17) is 9.40 Å². The Morgan fingerprint density at radius 3 is 1.65 bits per heavy atom. The molecule has 0 unspecified atom stereocenters. The van der Waals surface area contributed by atoms with Gasteiger partial charge in [0.2, 0.25) is 5.89 Å². The number of rotatable bonds is 6. The molecule has 1 heterocycles. The monoisotopic (exact) mass is 614 g/mol. The molecular weight excluding hydrogens is 585 g/mol. The van der Waals surface area contributed by atoms with E-state index in [1.807, 2.05) is 30.3 Å². The molecule has 0 spiro atoms. The van der Waals surface area contributed by atoms with E-state index in [1.165, 1.54) is 21.9 Å².